The summed E-state index contributed by atoms with van der Waals surface area (Å²) in [5, 5.41) is 3.42. The Kier molecular flexibility index (Phi) is 13.5. The number of amides is 3. The van der Waals surface area contributed by atoms with E-state index >= 15 is 0 Å². The lowest BCUT2D eigenvalue weighted by Gasteiger charge is -2.33. The molecule has 0 aromatic heterocycles. The second kappa shape index (κ2) is 18.5. The van der Waals surface area contributed by atoms with E-state index in [1.165, 1.54) is 7.11 Å². The largest absolute Gasteiger partial charge is 0.493 e. The molecule has 3 fully saturated rings. The summed E-state index contributed by atoms with van der Waals surface area (Å²) in [7, 11) is 6.31. The van der Waals surface area contributed by atoms with Crippen LogP contribution in [0, 0.1) is 0 Å². The van der Waals surface area contributed by atoms with Crippen molar-refractivity contribution < 1.29 is 42.8 Å². The van der Waals surface area contributed by atoms with Crippen molar-refractivity contribution >= 4 is 50.9 Å². The first-order valence-corrected chi connectivity index (χ1v) is 21.2. The Labute approximate surface area is 330 Å². The van der Waals surface area contributed by atoms with Gasteiger partial charge in [0.05, 0.1) is 69.5 Å². The van der Waals surface area contributed by atoms with Crippen LogP contribution in [0.3, 0.4) is 0 Å². The van der Waals surface area contributed by atoms with Gasteiger partial charge >= 0.3 is 6.09 Å². The van der Waals surface area contributed by atoms with Crippen molar-refractivity contribution in [1.29, 1.82) is 0 Å². The average Bonchev–Trinajstić information content (AvgIpc) is 3.91. The van der Waals surface area contributed by atoms with Crippen LogP contribution >= 0.6 is 21.6 Å². The maximum atomic E-state index is 14.0. The number of anilines is 2. The van der Waals surface area contributed by atoms with Crippen LogP contribution in [0.1, 0.15) is 52.8 Å². The number of carbonyl (C=O) groups is 3. The predicted molar refractivity (Wildman–Crippen MR) is 215 cm³/mol. The Hall–Kier alpha value is -4.41. The second-order valence-corrected chi connectivity index (χ2v) is 16.5. The average molecular weight is 798 g/mol. The number of unbranched alkanes of at least 4 members (excludes halogenated alkanes) is 2. The number of nitrogen functional groups attached to an aromatic ring is 1. The van der Waals surface area contributed by atoms with E-state index in [2.05, 4.69) is 18.5 Å². The van der Waals surface area contributed by atoms with Gasteiger partial charge in [-0.05, 0) is 50.5 Å². The highest BCUT2D eigenvalue weighted by Gasteiger charge is 2.45. The molecular weight excluding hydrogens is 747 g/mol. The molecule has 4 aliphatic rings. The third kappa shape index (κ3) is 9.18. The quantitative estimate of drug-likeness (QED) is 0.0927. The fraction of sp³-hybridized carbons (Fsp3) is 0.513. The third-order valence-electron chi connectivity index (χ3n) is 10.1. The lowest BCUT2D eigenvalue weighted by Crippen LogP contribution is -2.51. The Balaban J connectivity index is 1.00. The van der Waals surface area contributed by atoms with Crippen molar-refractivity contribution in [2.24, 2.45) is 0 Å². The van der Waals surface area contributed by atoms with Gasteiger partial charge in [0.1, 0.15) is 6.61 Å². The lowest BCUT2D eigenvalue weighted by molar-refractivity contribution is -0.0200. The van der Waals surface area contributed by atoms with Gasteiger partial charge in [-0.3, -0.25) is 14.5 Å². The predicted octanol–water partition coefficient (Wildman–Crippen LogP) is 5.69. The summed E-state index contributed by atoms with van der Waals surface area (Å²) < 4.78 is 34.8. The molecule has 55 heavy (non-hydrogen) atoms. The molecule has 2 aromatic carbocycles. The molecular formula is C39H51N5O9S2. The molecule has 1 unspecified atom stereocenters. The number of hydrogen-bond acceptors (Lipinski definition) is 13. The molecule has 0 aliphatic carbocycles. The molecule has 0 bridgehead atoms. The van der Waals surface area contributed by atoms with Gasteiger partial charge in [0, 0.05) is 43.2 Å². The van der Waals surface area contributed by atoms with Gasteiger partial charge in [-0.2, -0.15) is 0 Å². The molecule has 14 nitrogen and oxygen atoms in total. The molecule has 2 aromatic rings. The first kappa shape index (κ1) is 40.3. The number of benzene rings is 2. The van der Waals surface area contributed by atoms with Crippen LogP contribution in [0.2, 0.25) is 0 Å². The minimum atomic E-state index is -0.660. The number of nitrogens with one attached hydrogen (secondary N) is 1. The summed E-state index contributed by atoms with van der Waals surface area (Å²) >= 11 is 0. The van der Waals surface area contributed by atoms with Crippen LogP contribution in [0.5, 0.6) is 23.0 Å². The zero-order valence-electron chi connectivity index (χ0n) is 31.8. The Morgan fingerprint density at radius 2 is 1.64 bits per heavy atom. The van der Waals surface area contributed by atoms with Gasteiger partial charge in [0.15, 0.2) is 29.2 Å². The standard InChI is InChI=1S/C39H51N5O9S2/c1-24-15-26-21-41-30-20-35(33(49-4)18-28(30)37(46)43(26)22-24)51-11-8-6-7-10-50-34-19-29(40)27(17-32(34)48-3)36(45)44-23-25(2)16-31(44)38-42(9-12-52-38)39(47)53-13-14-55-54-5/h17-20,26,31,38,41H,1-2,6-16,21-23,40H2,3-5H3/t26-,31-,38?/m0/s1. The van der Waals surface area contributed by atoms with E-state index in [9.17, 15) is 14.4 Å². The molecule has 3 N–H and O–H groups in total. The minimum absolute atomic E-state index is 0.0298. The molecule has 3 amide bonds. The summed E-state index contributed by atoms with van der Waals surface area (Å²) in [6, 6.07) is 6.45. The summed E-state index contributed by atoms with van der Waals surface area (Å²) in [6.45, 7) is 11.6. The molecule has 0 spiro atoms. The zero-order chi connectivity index (χ0) is 39.1. The van der Waals surface area contributed by atoms with Crippen LogP contribution in [-0.4, -0.2) is 130 Å². The number of nitrogens with two attached hydrogens (primary N) is 1. The van der Waals surface area contributed by atoms with Gasteiger partial charge in [0.2, 0.25) is 0 Å². The fourth-order valence-electron chi connectivity index (χ4n) is 7.41. The van der Waals surface area contributed by atoms with Crippen LogP contribution in [0.4, 0.5) is 16.2 Å². The summed E-state index contributed by atoms with van der Waals surface area (Å²) in [5.41, 5.74) is 10.2. The van der Waals surface area contributed by atoms with Gasteiger partial charge in [0.25, 0.3) is 11.8 Å². The number of ether oxygens (including phenoxy) is 6. The van der Waals surface area contributed by atoms with E-state index in [1.54, 1.807) is 56.7 Å². The van der Waals surface area contributed by atoms with Gasteiger partial charge in [-0.15, -0.1) is 0 Å². The minimum Gasteiger partial charge on any atom is -0.493 e. The van der Waals surface area contributed by atoms with E-state index in [0.717, 1.165) is 42.5 Å². The Morgan fingerprint density at radius 1 is 0.927 bits per heavy atom. The molecule has 298 valence electrons. The van der Waals surface area contributed by atoms with Gasteiger partial charge in [-0.1, -0.05) is 45.9 Å². The maximum absolute atomic E-state index is 14.0. The lowest BCUT2D eigenvalue weighted by atomic mass is 10.1. The highest BCUT2D eigenvalue weighted by molar-refractivity contribution is 8.76. The molecule has 4 aliphatic heterocycles. The maximum Gasteiger partial charge on any atom is 0.412 e. The topological polar surface area (TPSA) is 154 Å². The van der Waals surface area contributed by atoms with Gasteiger partial charge in [-0.25, -0.2) is 4.79 Å². The van der Waals surface area contributed by atoms with Crippen molar-refractivity contribution in [1.82, 2.24) is 14.7 Å². The number of rotatable bonds is 16. The molecule has 16 heteroatoms. The van der Waals surface area contributed by atoms with E-state index in [4.69, 9.17) is 34.2 Å². The smallest absolute Gasteiger partial charge is 0.412 e. The normalized spacial score (nSPS) is 20.5. The van der Waals surface area contributed by atoms with E-state index in [-0.39, 0.29) is 35.7 Å². The highest BCUT2D eigenvalue weighted by Crippen LogP contribution is 2.39. The van der Waals surface area contributed by atoms with Crippen molar-refractivity contribution in [3.63, 3.8) is 0 Å². The third-order valence-corrected chi connectivity index (χ3v) is 11.9. The number of fused-ring (bicyclic) bond motifs is 2. The van der Waals surface area contributed by atoms with Crippen molar-refractivity contribution in [2.45, 2.75) is 50.4 Å². The first-order valence-electron chi connectivity index (χ1n) is 18.5. The Bertz CT molecular complexity index is 1780. The summed E-state index contributed by atoms with van der Waals surface area (Å²) in [4.78, 5) is 45.3. The van der Waals surface area contributed by atoms with Crippen LogP contribution in [0.25, 0.3) is 0 Å². The molecule has 4 heterocycles. The molecule has 3 atom stereocenters. The highest BCUT2D eigenvalue weighted by atomic mass is 33.1. The molecule has 0 radical (unpaired) electrons. The van der Waals surface area contributed by atoms with Crippen LogP contribution < -0.4 is 30.0 Å². The number of likely N-dealkylation sites (tertiary alicyclic amines) is 1. The number of carbonyl (C=O) groups excluding carboxylic acids is 3. The van der Waals surface area contributed by atoms with Crippen molar-refractivity contribution in [2.75, 3.05) is 89.9 Å². The first-order chi connectivity index (χ1) is 26.6. The number of nitrogens with zero attached hydrogens (tertiary/aromatic N) is 3. The van der Waals surface area contributed by atoms with E-state index in [0.29, 0.717) is 86.7 Å². The second-order valence-electron chi connectivity index (χ2n) is 13.8. The number of methoxy groups -OCH3 is 2. The SMILES string of the molecule is C=C1C[C@H]2CNc3cc(OCCCCCOc4cc(N)c(C(=O)N5CC(=C)C[C@H]5C5OCCN5C(=O)OCCSSC)cc4OC)c(OC)cc3C(=O)N2C1. The molecule has 0 saturated carbocycles. The van der Waals surface area contributed by atoms with E-state index < -0.39 is 18.4 Å². The molecule has 6 rings (SSSR count). The van der Waals surface area contributed by atoms with Crippen molar-refractivity contribution in [3.05, 3.63) is 59.7 Å². The fourth-order valence-corrected chi connectivity index (χ4v) is 8.43. The Morgan fingerprint density at radius 3 is 2.36 bits per heavy atom. The van der Waals surface area contributed by atoms with Gasteiger partial charge < -0.3 is 49.3 Å². The summed E-state index contributed by atoms with van der Waals surface area (Å²) in [5.74, 6) is 2.24. The van der Waals surface area contributed by atoms with Crippen LogP contribution in [-0.2, 0) is 9.47 Å². The monoisotopic (exact) mass is 797 g/mol. The zero-order valence-corrected chi connectivity index (χ0v) is 33.4. The molecule has 3 saturated heterocycles. The van der Waals surface area contributed by atoms with Crippen LogP contribution in [0.15, 0.2) is 48.6 Å². The number of hydrogen-bond donors (Lipinski definition) is 2. The van der Waals surface area contributed by atoms with E-state index in [1.807, 2.05) is 17.2 Å². The summed E-state index contributed by atoms with van der Waals surface area (Å²) in [6.07, 6.45) is 4.46. The van der Waals surface area contributed by atoms with Crippen molar-refractivity contribution in [3.8, 4) is 23.0 Å².